The number of alkyl carbamates (subject to hydrolysis) is 1. The predicted octanol–water partition coefficient (Wildman–Crippen LogP) is 5.88. The number of fused-ring (bicyclic) bond motifs is 1. The van der Waals surface area contributed by atoms with Crippen molar-refractivity contribution in [1.29, 1.82) is 0 Å². The molecule has 2 atom stereocenters. The molecular weight excluding hydrogens is 568 g/mol. The molecule has 1 aliphatic rings. The van der Waals surface area contributed by atoms with Crippen molar-refractivity contribution in [1.82, 2.24) is 25.6 Å². The van der Waals surface area contributed by atoms with E-state index in [1.165, 1.54) is 0 Å². The van der Waals surface area contributed by atoms with Gasteiger partial charge in [0.15, 0.2) is 0 Å². The van der Waals surface area contributed by atoms with Crippen molar-refractivity contribution in [3.8, 4) is 11.4 Å². The standard InChI is InChI=1S/C35H42N6O4/c1-21-13-26(14-27(24(21)4)17-38-34(43)45-35(5,6)7)33(42)37-18-28-15-31-25(16-36-28)11-12-30(39-31)29-9-8-10-32(40-29)41-19-22(2)44-23(3)20-41/h8-16,22-23H,17-20H2,1-7H3,(H,37,42)(H,38,43)/t22-,23+. The van der Waals surface area contributed by atoms with Gasteiger partial charge in [-0.15, -0.1) is 0 Å². The average Bonchev–Trinajstić information content (AvgIpc) is 2.98. The minimum atomic E-state index is -0.590. The summed E-state index contributed by atoms with van der Waals surface area (Å²) in [6, 6.07) is 15.5. The van der Waals surface area contributed by atoms with E-state index in [-0.39, 0.29) is 31.2 Å². The molecule has 5 rings (SSSR count). The highest BCUT2D eigenvalue weighted by atomic mass is 16.6. The Morgan fingerprint density at radius 2 is 1.69 bits per heavy atom. The van der Waals surface area contributed by atoms with E-state index in [9.17, 15) is 9.59 Å². The zero-order chi connectivity index (χ0) is 32.3. The van der Waals surface area contributed by atoms with E-state index in [1.54, 1.807) is 12.3 Å². The summed E-state index contributed by atoms with van der Waals surface area (Å²) in [6.45, 7) is 15.6. The molecule has 45 heavy (non-hydrogen) atoms. The van der Waals surface area contributed by atoms with Crippen LogP contribution in [0.25, 0.3) is 22.3 Å². The van der Waals surface area contributed by atoms with Crippen molar-refractivity contribution in [2.45, 2.75) is 79.4 Å². The highest BCUT2D eigenvalue weighted by molar-refractivity contribution is 5.94. The second-order valence-corrected chi connectivity index (χ2v) is 12.7. The van der Waals surface area contributed by atoms with Crippen LogP contribution in [0.1, 0.15) is 67.4 Å². The van der Waals surface area contributed by atoms with Crippen LogP contribution in [-0.4, -0.2) is 57.9 Å². The van der Waals surface area contributed by atoms with Crippen LogP contribution in [0.3, 0.4) is 0 Å². The highest BCUT2D eigenvalue weighted by Gasteiger charge is 2.23. The molecule has 0 bridgehead atoms. The first-order chi connectivity index (χ1) is 21.3. The minimum absolute atomic E-state index is 0.141. The van der Waals surface area contributed by atoms with E-state index in [0.29, 0.717) is 11.3 Å². The maximum absolute atomic E-state index is 13.2. The Morgan fingerprint density at radius 1 is 0.956 bits per heavy atom. The molecule has 236 valence electrons. The van der Waals surface area contributed by atoms with Crippen molar-refractivity contribution in [3.63, 3.8) is 0 Å². The first-order valence-electron chi connectivity index (χ1n) is 15.3. The van der Waals surface area contributed by atoms with Crippen molar-refractivity contribution in [2.24, 2.45) is 0 Å². The number of carbonyl (C=O) groups excluding carboxylic acids is 2. The zero-order valence-electron chi connectivity index (χ0n) is 27.1. The number of ether oxygens (including phenoxy) is 2. The molecule has 0 saturated carbocycles. The maximum atomic E-state index is 13.2. The number of nitrogens with one attached hydrogen (secondary N) is 2. The Balaban J connectivity index is 1.28. The van der Waals surface area contributed by atoms with Crippen LogP contribution >= 0.6 is 0 Å². The monoisotopic (exact) mass is 610 g/mol. The third kappa shape index (κ3) is 8.13. The second kappa shape index (κ2) is 13.2. The number of amides is 2. The summed E-state index contributed by atoms with van der Waals surface area (Å²) in [6.07, 6.45) is 1.55. The molecule has 0 spiro atoms. The Labute approximate surface area is 264 Å². The molecule has 0 radical (unpaired) electrons. The fourth-order valence-corrected chi connectivity index (χ4v) is 5.41. The lowest BCUT2D eigenvalue weighted by Crippen LogP contribution is -2.45. The molecule has 1 aromatic carbocycles. The fourth-order valence-electron chi connectivity index (χ4n) is 5.41. The molecule has 1 aliphatic heterocycles. The summed E-state index contributed by atoms with van der Waals surface area (Å²) < 4.78 is 11.2. The molecule has 2 N–H and O–H groups in total. The average molecular weight is 611 g/mol. The van der Waals surface area contributed by atoms with E-state index in [4.69, 9.17) is 19.4 Å². The van der Waals surface area contributed by atoms with E-state index in [0.717, 1.165) is 57.9 Å². The van der Waals surface area contributed by atoms with Gasteiger partial charge >= 0.3 is 6.09 Å². The number of carbonyl (C=O) groups is 2. The van der Waals surface area contributed by atoms with Gasteiger partial charge in [0.2, 0.25) is 0 Å². The van der Waals surface area contributed by atoms with E-state index >= 15 is 0 Å². The maximum Gasteiger partial charge on any atom is 0.407 e. The molecule has 4 aromatic rings. The van der Waals surface area contributed by atoms with Crippen molar-refractivity contribution in [2.75, 3.05) is 18.0 Å². The quantitative estimate of drug-likeness (QED) is 0.267. The van der Waals surface area contributed by atoms with Crippen LogP contribution in [-0.2, 0) is 22.6 Å². The van der Waals surface area contributed by atoms with Gasteiger partial charge in [0.1, 0.15) is 11.4 Å². The van der Waals surface area contributed by atoms with Crippen LogP contribution < -0.4 is 15.5 Å². The van der Waals surface area contributed by atoms with E-state index in [1.807, 2.05) is 77.1 Å². The predicted molar refractivity (Wildman–Crippen MR) is 175 cm³/mol. The van der Waals surface area contributed by atoms with Gasteiger partial charge in [-0.3, -0.25) is 9.78 Å². The summed E-state index contributed by atoms with van der Waals surface area (Å²) in [4.78, 5) is 42.0. The molecule has 0 aliphatic carbocycles. The molecule has 1 fully saturated rings. The molecule has 10 heteroatoms. The topological polar surface area (TPSA) is 119 Å². The molecule has 3 aromatic heterocycles. The van der Waals surface area contributed by atoms with Crippen LogP contribution in [0.15, 0.2) is 54.7 Å². The van der Waals surface area contributed by atoms with Crippen molar-refractivity contribution < 1.29 is 19.1 Å². The minimum Gasteiger partial charge on any atom is -0.444 e. The third-order valence-corrected chi connectivity index (χ3v) is 7.66. The van der Waals surface area contributed by atoms with Gasteiger partial charge in [-0.05, 0) is 108 Å². The fraction of sp³-hybridized carbons (Fsp3) is 0.400. The first-order valence-corrected chi connectivity index (χ1v) is 15.3. The second-order valence-electron chi connectivity index (χ2n) is 12.7. The number of hydrogen-bond acceptors (Lipinski definition) is 8. The number of hydrogen-bond donors (Lipinski definition) is 2. The Bertz CT molecular complexity index is 1710. The first kappa shape index (κ1) is 31.8. The number of rotatable bonds is 7. The summed E-state index contributed by atoms with van der Waals surface area (Å²) in [5.41, 5.74) is 5.75. The highest BCUT2D eigenvalue weighted by Crippen LogP contribution is 2.24. The lowest BCUT2D eigenvalue weighted by molar-refractivity contribution is -0.00546. The number of morpholine rings is 1. The molecular formula is C35H42N6O4. The smallest absolute Gasteiger partial charge is 0.407 e. The largest absolute Gasteiger partial charge is 0.444 e. The molecule has 0 unspecified atom stereocenters. The molecule has 2 amide bonds. The molecule has 1 saturated heterocycles. The Kier molecular flexibility index (Phi) is 9.34. The van der Waals surface area contributed by atoms with Gasteiger partial charge in [-0.2, -0.15) is 0 Å². The van der Waals surface area contributed by atoms with E-state index in [2.05, 4.69) is 34.4 Å². The van der Waals surface area contributed by atoms with Gasteiger partial charge in [-0.25, -0.2) is 14.8 Å². The summed E-state index contributed by atoms with van der Waals surface area (Å²) in [5.74, 6) is 0.678. The van der Waals surface area contributed by atoms with Gasteiger partial charge in [0.05, 0.1) is 41.4 Å². The van der Waals surface area contributed by atoms with Crippen molar-refractivity contribution >= 4 is 28.7 Å². The number of nitrogens with zero attached hydrogens (tertiary/aromatic N) is 4. The normalized spacial score (nSPS) is 16.8. The summed E-state index contributed by atoms with van der Waals surface area (Å²) >= 11 is 0. The van der Waals surface area contributed by atoms with Crippen LogP contribution in [0.4, 0.5) is 10.6 Å². The third-order valence-electron chi connectivity index (χ3n) is 7.66. The van der Waals surface area contributed by atoms with Crippen molar-refractivity contribution in [3.05, 3.63) is 82.7 Å². The SMILES string of the molecule is Cc1cc(C(=O)NCc2cc3nc(-c4cccc(N5C[C@@H](C)O[C@@H](C)C5)n4)ccc3cn2)cc(CNC(=O)OC(C)(C)C)c1C. The van der Waals surface area contributed by atoms with E-state index < -0.39 is 11.7 Å². The Morgan fingerprint density at radius 3 is 2.42 bits per heavy atom. The van der Waals surface area contributed by atoms with Crippen LogP contribution in [0, 0.1) is 13.8 Å². The van der Waals surface area contributed by atoms with Gasteiger partial charge in [0.25, 0.3) is 5.91 Å². The molecule has 4 heterocycles. The Hall–Kier alpha value is -4.57. The van der Waals surface area contributed by atoms with Gasteiger partial charge < -0.3 is 25.0 Å². The number of aromatic nitrogens is 3. The summed E-state index contributed by atoms with van der Waals surface area (Å²) in [7, 11) is 0. The zero-order valence-corrected chi connectivity index (χ0v) is 27.1. The summed E-state index contributed by atoms with van der Waals surface area (Å²) in [5, 5.41) is 6.66. The number of benzene rings is 1. The lowest BCUT2D eigenvalue weighted by atomic mass is 9.99. The molecule has 10 nitrogen and oxygen atoms in total. The lowest BCUT2D eigenvalue weighted by Gasteiger charge is -2.36. The number of pyridine rings is 3. The van der Waals surface area contributed by atoms with Gasteiger partial charge in [-0.1, -0.05) is 6.07 Å². The number of anilines is 1. The van der Waals surface area contributed by atoms with Gasteiger partial charge in [0, 0.05) is 36.8 Å². The number of aryl methyl sites for hydroxylation is 1. The van der Waals surface area contributed by atoms with Crippen LogP contribution in [0.2, 0.25) is 0 Å². The van der Waals surface area contributed by atoms with Crippen LogP contribution in [0.5, 0.6) is 0 Å².